The monoisotopic (exact) mass is 297 g/mol. The molecule has 1 atom stereocenters. The summed E-state index contributed by atoms with van der Waals surface area (Å²) in [6, 6.07) is 0. The van der Waals surface area contributed by atoms with E-state index in [4.69, 9.17) is 9.26 Å². The van der Waals surface area contributed by atoms with E-state index in [9.17, 15) is 4.79 Å². The van der Waals surface area contributed by atoms with Gasteiger partial charge in [0.15, 0.2) is 5.82 Å². The zero-order chi connectivity index (χ0) is 15.1. The molecule has 0 aliphatic carbocycles. The fourth-order valence-electron chi connectivity index (χ4n) is 2.30. The van der Waals surface area contributed by atoms with Crippen LogP contribution in [-0.4, -0.2) is 53.9 Å². The highest BCUT2D eigenvalue weighted by Gasteiger charge is 2.24. The Bertz CT molecular complexity index is 449. The smallest absolute Gasteiger partial charge is 0.308 e. The highest BCUT2D eigenvalue weighted by atomic mass is 16.5. The summed E-state index contributed by atoms with van der Waals surface area (Å²) >= 11 is 0. The van der Waals surface area contributed by atoms with E-state index in [-0.39, 0.29) is 18.5 Å². The number of ether oxygens (including phenoxy) is 2. The Hall–Kier alpha value is -1.47. The largest absolute Gasteiger partial charge is 0.469 e. The molecule has 1 aromatic rings. The molecule has 1 fully saturated rings. The maximum Gasteiger partial charge on any atom is 0.308 e. The molecule has 118 valence electrons. The van der Waals surface area contributed by atoms with Gasteiger partial charge < -0.3 is 14.0 Å². The molecular formula is C14H23N3O4. The second-order valence-electron chi connectivity index (χ2n) is 5.22. The highest BCUT2D eigenvalue weighted by molar-refractivity contribution is 5.69. The molecule has 0 spiro atoms. The van der Waals surface area contributed by atoms with Crippen LogP contribution in [0.5, 0.6) is 0 Å². The maximum absolute atomic E-state index is 11.3. The van der Waals surface area contributed by atoms with Gasteiger partial charge in [-0.25, -0.2) is 0 Å². The molecule has 0 radical (unpaired) electrons. The number of carbonyl (C=O) groups is 1. The third-order valence-corrected chi connectivity index (χ3v) is 3.47. The molecule has 1 aromatic heterocycles. The SMILES string of the molecule is CCCCc1noc(CN2CCOC(CC(=O)OC)C2)n1. The summed E-state index contributed by atoms with van der Waals surface area (Å²) in [5.41, 5.74) is 0. The Balaban J connectivity index is 1.81. The quantitative estimate of drug-likeness (QED) is 0.699. The first-order chi connectivity index (χ1) is 10.2. The lowest BCUT2D eigenvalue weighted by molar-refractivity contribution is -0.145. The van der Waals surface area contributed by atoms with E-state index in [2.05, 4.69) is 26.7 Å². The molecule has 21 heavy (non-hydrogen) atoms. The van der Waals surface area contributed by atoms with Crippen LogP contribution in [0.25, 0.3) is 0 Å². The first-order valence-corrected chi connectivity index (χ1v) is 7.43. The van der Waals surface area contributed by atoms with E-state index < -0.39 is 0 Å². The zero-order valence-electron chi connectivity index (χ0n) is 12.7. The number of nitrogens with zero attached hydrogens (tertiary/aromatic N) is 3. The lowest BCUT2D eigenvalue weighted by atomic mass is 10.2. The number of methoxy groups -OCH3 is 1. The molecule has 1 aliphatic heterocycles. The molecule has 0 aromatic carbocycles. The number of aryl methyl sites for hydroxylation is 1. The number of hydrogen-bond donors (Lipinski definition) is 0. The van der Waals surface area contributed by atoms with E-state index in [1.807, 2.05) is 0 Å². The van der Waals surface area contributed by atoms with Gasteiger partial charge >= 0.3 is 5.97 Å². The average molecular weight is 297 g/mol. The molecule has 0 N–H and O–H groups in total. The first kappa shape index (κ1) is 15.9. The Kier molecular flexibility index (Phi) is 6.13. The van der Waals surface area contributed by atoms with Crippen LogP contribution in [0.2, 0.25) is 0 Å². The summed E-state index contributed by atoms with van der Waals surface area (Å²) in [6.07, 6.45) is 3.18. The fraction of sp³-hybridized carbons (Fsp3) is 0.786. The molecule has 2 rings (SSSR count). The summed E-state index contributed by atoms with van der Waals surface area (Å²) in [4.78, 5) is 17.8. The van der Waals surface area contributed by atoms with E-state index in [1.165, 1.54) is 7.11 Å². The molecule has 7 heteroatoms. The Labute approximate surface area is 124 Å². The molecule has 0 bridgehead atoms. The van der Waals surface area contributed by atoms with Crippen LogP contribution in [-0.2, 0) is 27.2 Å². The summed E-state index contributed by atoms with van der Waals surface area (Å²) in [6.45, 7) is 4.79. The molecule has 1 saturated heterocycles. The van der Waals surface area contributed by atoms with E-state index >= 15 is 0 Å². The van der Waals surface area contributed by atoms with Crippen molar-refractivity contribution in [2.45, 2.75) is 45.3 Å². The number of esters is 1. The van der Waals surface area contributed by atoms with Crippen molar-refractivity contribution in [2.24, 2.45) is 0 Å². The van der Waals surface area contributed by atoms with Gasteiger partial charge in [-0.3, -0.25) is 9.69 Å². The maximum atomic E-state index is 11.3. The first-order valence-electron chi connectivity index (χ1n) is 7.43. The molecule has 1 aliphatic rings. The fourth-order valence-corrected chi connectivity index (χ4v) is 2.30. The van der Waals surface area contributed by atoms with Crippen molar-refractivity contribution in [2.75, 3.05) is 26.8 Å². The summed E-state index contributed by atoms with van der Waals surface area (Å²) < 4.78 is 15.5. The average Bonchev–Trinajstić information content (AvgIpc) is 2.93. The Morgan fingerprint density at radius 3 is 3.14 bits per heavy atom. The number of rotatable bonds is 7. The molecule has 7 nitrogen and oxygen atoms in total. The van der Waals surface area contributed by atoms with Crippen molar-refractivity contribution in [3.05, 3.63) is 11.7 Å². The zero-order valence-corrected chi connectivity index (χ0v) is 12.7. The van der Waals surface area contributed by atoms with Gasteiger partial charge in [-0.05, 0) is 6.42 Å². The normalized spacial score (nSPS) is 19.6. The Morgan fingerprint density at radius 1 is 1.52 bits per heavy atom. The van der Waals surface area contributed by atoms with Gasteiger partial charge in [-0.2, -0.15) is 4.98 Å². The van der Waals surface area contributed by atoms with E-state index in [0.717, 1.165) is 31.6 Å². The van der Waals surface area contributed by atoms with Crippen LogP contribution < -0.4 is 0 Å². The second-order valence-corrected chi connectivity index (χ2v) is 5.22. The third kappa shape index (κ3) is 5.09. The van der Waals surface area contributed by atoms with Gasteiger partial charge in [0.1, 0.15) is 0 Å². The van der Waals surface area contributed by atoms with Crippen molar-refractivity contribution >= 4 is 5.97 Å². The lowest BCUT2D eigenvalue weighted by Gasteiger charge is -2.31. The molecule has 1 unspecified atom stereocenters. The third-order valence-electron chi connectivity index (χ3n) is 3.47. The van der Waals surface area contributed by atoms with Crippen LogP contribution in [0, 0.1) is 0 Å². The molecular weight excluding hydrogens is 274 g/mol. The van der Waals surface area contributed by atoms with Gasteiger partial charge in [0.2, 0.25) is 5.89 Å². The Morgan fingerprint density at radius 2 is 2.38 bits per heavy atom. The minimum atomic E-state index is -0.249. The van der Waals surface area contributed by atoms with Crippen molar-refractivity contribution < 1.29 is 18.8 Å². The van der Waals surface area contributed by atoms with Crippen molar-refractivity contribution in [3.63, 3.8) is 0 Å². The number of morpholine rings is 1. The minimum Gasteiger partial charge on any atom is -0.469 e. The summed E-state index contributed by atoms with van der Waals surface area (Å²) in [5, 5.41) is 3.98. The van der Waals surface area contributed by atoms with E-state index in [1.54, 1.807) is 0 Å². The minimum absolute atomic E-state index is 0.131. The van der Waals surface area contributed by atoms with Gasteiger partial charge in [0, 0.05) is 19.5 Å². The second kappa shape index (κ2) is 8.09. The van der Waals surface area contributed by atoms with Crippen LogP contribution in [0.1, 0.15) is 37.9 Å². The number of carbonyl (C=O) groups excluding carboxylic acids is 1. The number of aromatic nitrogens is 2. The predicted octanol–water partition coefficient (Wildman–Crippen LogP) is 1.18. The van der Waals surface area contributed by atoms with Crippen LogP contribution in [0.3, 0.4) is 0 Å². The highest BCUT2D eigenvalue weighted by Crippen LogP contribution is 2.12. The molecule has 0 saturated carbocycles. The summed E-state index contributed by atoms with van der Waals surface area (Å²) in [7, 11) is 1.39. The van der Waals surface area contributed by atoms with Crippen LogP contribution in [0.15, 0.2) is 4.52 Å². The van der Waals surface area contributed by atoms with Gasteiger partial charge in [-0.1, -0.05) is 18.5 Å². The number of hydrogen-bond acceptors (Lipinski definition) is 7. The van der Waals surface area contributed by atoms with Crippen molar-refractivity contribution in [3.8, 4) is 0 Å². The van der Waals surface area contributed by atoms with Gasteiger partial charge in [-0.15, -0.1) is 0 Å². The lowest BCUT2D eigenvalue weighted by Crippen LogP contribution is -2.42. The van der Waals surface area contributed by atoms with Crippen LogP contribution >= 0.6 is 0 Å². The van der Waals surface area contributed by atoms with Crippen molar-refractivity contribution in [1.29, 1.82) is 0 Å². The number of unbranched alkanes of at least 4 members (excludes halogenated alkanes) is 1. The van der Waals surface area contributed by atoms with Crippen molar-refractivity contribution in [1.82, 2.24) is 15.0 Å². The topological polar surface area (TPSA) is 77.7 Å². The van der Waals surface area contributed by atoms with Gasteiger partial charge in [0.25, 0.3) is 0 Å². The van der Waals surface area contributed by atoms with Gasteiger partial charge in [0.05, 0.1) is 32.8 Å². The summed E-state index contributed by atoms with van der Waals surface area (Å²) in [5.74, 6) is 1.15. The predicted molar refractivity (Wildman–Crippen MR) is 74.6 cm³/mol. The standard InChI is InChI=1S/C14H23N3O4/c1-3-4-5-12-15-13(21-16-12)10-17-6-7-20-11(9-17)8-14(18)19-2/h11H,3-10H2,1-2H3. The molecule has 0 amide bonds. The van der Waals surface area contributed by atoms with Crippen LogP contribution in [0.4, 0.5) is 0 Å². The van der Waals surface area contributed by atoms with E-state index in [0.29, 0.717) is 25.6 Å². The molecule has 2 heterocycles.